The first-order valence-corrected chi connectivity index (χ1v) is 8.58. The van der Waals surface area contributed by atoms with Crippen molar-refractivity contribution in [3.8, 4) is 5.75 Å². The fourth-order valence-corrected chi connectivity index (χ4v) is 3.18. The average molecular weight is 363 g/mol. The molecule has 0 atom stereocenters. The lowest BCUT2D eigenvalue weighted by molar-refractivity contribution is 0.197. The Kier molecular flexibility index (Phi) is 4.46. The summed E-state index contributed by atoms with van der Waals surface area (Å²) in [5, 5.41) is 0. The van der Waals surface area contributed by atoms with Crippen molar-refractivity contribution in [1.82, 2.24) is 9.88 Å². The molecule has 0 spiro atoms. The predicted octanol–water partition coefficient (Wildman–Crippen LogP) is 4.50. The van der Waals surface area contributed by atoms with E-state index in [0.29, 0.717) is 17.9 Å². The molecule has 0 radical (unpaired) electrons. The van der Waals surface area contributed by atoms with E-state index in [0.717, 1.165) is 17.0 Å². The van der Waals surface area contributed by atoms with Crippen LogP contribution in [0, 0.1) is 5.95 Å². The quantitative estimate of drug-likeness (QED) is 0.641. The summed E-state index contributed by atoms with van der Waals surface area (Å²) in [6.45, 7) is 0.644. The van der Waals surface area contributed by atoms with Crippen LogP contribution in [0.15, 0.2) is 66.7 Å². The van der Waals surface area contributed by atoms with Crippen molar-refractivity contribution in [1.29, 1.82) is 0 Å². The van der Waals surface area contributed by atoms with Crippen LogP contribution in [-0.2, 0) is 13.1 Å². The van der Waals surface area contributed by atoms with E-state index >= 15 is 0 Å². The number of aromatic nitrogens is 1. The van der Waals surface area contributed by atoms with Gasteiger partial charge in [-0.15, -0.1) is 0 Å². The molecule has 1 aliphatic heterocycles. The molecule has 0 saturated heterocycles. The van der Waals surface area contributed by atoms with Gasteiger partial charge in [0.2, 0.25) is 5.95 Å². The lowest BCUT2D eigenvalue weighted by atomic mass is 10.1. The largest absolute Gasteiger partial charge is 0.497 e. The van der Waals surface area contributed by atoms with E-state index in [2.05, 4.69) is 4.98 Å². The van der Waals surface area contributed by atoms with Gasteiger partial charge in [0.1, 0.15) is 5.75 Å². The number of para-hydroxylation sites is 1. The highest BCUT2D eigenvalue weighted by Gasteiger charge is 2.32. The van der Waals surface area contributed by atoms with Crippen molar-refractivity contribution in [2.75, 3.05) is 12.0 Å². The molecule has 0 saturated carbocycles. The van der Waals surface area contributed by atoms with Gasteiger partial charge in [0.15, 0.2) is 0 Å². The zero-order chi connectivity index (χ0) is 18.8. The summed E-state index contributed by atoms with van der Waals surface area (Å²) in [6.07, 6.45) is 0. The van der Waals surface area contributed by atoms with Crippen LogP contribution >= 0.6 is 0 Å². The van der Waals surface area contributed by atoms with Crippen molar-refractivity contribution in [3.63, 3.8) is 0 Å². The number of benzene rings is 2. The van der Waals surface area contributed by atoms with Crippen LogP contribution < -0.4 is 9.64 Å². The summed E-state index contributed by atoms with van der Waals surface area (Å²) in [6, 6.07) is 19.5. The number of amides is 2. The third-order valence-electron chi connectivity index (χ3n) is 4.51. The molecule has 3 aromatic rings. The number of ether oxygens (including phenoxy) is 1. The summed E-state index contributed by atoms with van der Waals surface area (Å²) in [4.78, 5) is 20.5. The second-order valence-corrected chi connectivity index (χ2v) is 6.26. The number of hydrogen-bond acceptors (Lipinski definition) is 3. The molecule has 4 rings (SSSR count). The van der Waals surface area contributed by atoms with Crippen LogP contribution in [0.1, 0.15) is 11.3 Å². The molecule has 136 valence electrons. The molecule has 2 aromatic carbocycles. The standard InChI is InChI=1S/C21H18FN3O2/c1-27-17-9-7-15(8-10-17)13-24-14-18-19(11-12-20(22)23-18)25(21(24)26)16-5-3-2-4-6-16/h2-12H,13-14H2,1H3. The Morgan fingerprint density at radius 2 is 1.78 bits per heavy atom. The van der Waals surface area contributed by atoms with E-state index in [1.54, 1.807) is 23.0 Å². The summed E-state index contributed by atoms with van der Waals surface area (Å²) in [5.41, 5.74) is 2.82. The van der Waals surface area contributed by atoms with Gasteiger partial charge in [0, 0.05) is 6.54 Å². The van der Waals surface area contributed by atoms with Crippen LogP contribution in [0.2, 0.25) is 0 Å². The Hall–Kier alpha value is -3.41. The Balaban J connectivity index is 1.70. The van der Waals surface area contributed by atoms with Gasteiger partial charge in [-0.2, -0.15) is 4.39 Å². The minimum Gasteiger partial charge on any atom is -0.497 e. The number of carbonyl (C=O) groups is 1. The number of methoxy groups -OCH3 is 1. The lowest BCUT2D eigenvalue weighted by Crippen LogP contribution is -2.44. The normalized spacial score (nSPS) is 13.5. The molecule has 0 fully saturated rings. The maximum Gasteiger partial charge on any atom is 0.329 e. The minimum atomic E-state index is -0.555. The van der Waals surface area contributed by atoms with Crippen LogP contribution in [0.25, 0.3) is 0 Å². The third-order valence-corrected chi connectivity index (χ3v) is 4.51. The number of urea groups is 1. The number of anilines is 2. The lowest BCUT2D eigenvalue weighted by Gasteiger charge is -2.36. The molecule has 5 nitrogen and oxygen atoms in total. The topological polar surface area (TPSA) is 45.7 Å². The first kappa shape index (κ1) is 17.0. The molecule has 2 heterocycles. The molecular formula is C21H18FN3O2. The maximum absolute atomic E-state index is 13.7. The molecule has 27 heavy (non-hydrogen) atoms. The Morgan fingerprint density at radius 1 is 1.04 bits per heavy atom. The van der Waals surface area contributed by atoms with Gasteiger partial charge in [-0.05, 0) is 42.0 Å². The number of halogens is 1. The summed E-state index contributed by atoms with van der Waals surface area (Å²) in [7, 11) is 1.61. The number of pyridine rings is 1. The number of fused-ring (bicyclic) bond motifs is 1. The van der Waals surface area contributed by atoms with Crippen molar-refractivity contribution in [2.24, 2.45) is 0 Å². The second kappa shape index (κ2) is 7.07. The maximum atomic E-state index is 13.7. The van der Waals surface area contributed by atoms with E-state index < -0.39 is 5.95 Å². The molecule has 2 amide bonds. The van der Waals surface area contributed by atoms with Crippen LogP contribution in [0.3, 0.4) is 0 Å². The van der Waals surface area contributed by atoms with Gasteiger partial charge in [-0.3, -0.25) is 4.90 Å². The zero-order valence-corrected chi connectivity index (χ0v) is 14.8. The van der Waals surface area contributed by atoms with Crippen LogP contribution in [-0.4, -0.2) is 23.0 Å². The third kappa shape index (κ3) is 3.33. The SMILES string of the molecule is COc1ccc(CN2Cc3nc(F)ccc3N(c3ccccc3)C2=O)cc1. The van der Waals surface area contributed by atoms with Gasteiger partial charge in [0.25, 0.3) is 0 Å². The van der Waals surface area contributed by atoms with Crippen LogP contribution in [0.4, 0.5) is 20.6 Å². The van der Waals surface area contributed by atoms with Crippen molar-refractivity contribution >= 4 is 17.4 Å². The fraction of sp³-hybridized carbons (Fsp3) is 0.143. The van der Waals surface area contributed by atoms with Gasteiger partial charge < -0.3 is 9.64 Å². The van der Waals surface area contributed by atoms with E-state index in [-0.39, 0.29) is 12.6 Å². The first-order chi connectivity index (χ1) is 13.2. The summed E-state index contributed by atoms with van der Waals surface area (Å²) < 4.78 is 18.9. The van der Waals surface area contributed by atoms with E-state index in [9.17, 15) is 9.18 Å². The van der Waals surface area contributed by atoms with Gasteiger partial charge in [0.05, 0.1) is 30.7 Å². The van der Waals surface area contributed by atoms with E-state index in [4.69, 9.17) is 4.74 Å². The molecular weight excluding hydrogens is 345 g/mol. The highest BCUT2D eigenvalue weighted by molar-refractivity contribution is 6.01. The molecule has 0 unspecified atom stereocenters. The summed E-state index contributed by atoms with van der Waals surface area (Å²) in [5.74, 6) is 0.198. The molecule has 6 heteroatoms. The van der Waals surface area contributed by atoms with Crippen molar-refractivity contribution in [3.05, 3.63) is 83.9 Å². The number of hydrogen-bond donors (Lipinski definition) is 0. The first-order valence-electron chi connectivity index (χ1n) is 8.58. The van der Waals surface area contributed by atoms with Crippen LogP contribution in [0.5, 0.6) is 5.75 Å². The van der Waals surface area contributed by atoms with Crippen molar-refractivity contribution in [2.45, 2.75) is 13.1 Å². The molecule has 1 aromatic heterocycles. The monoisotopic (exact) mass is 363 g/mol. The van der Waals surface area contributed by atoms with Gasteiger partial charge in [-0.1, -0.05) is 30.3 Å². The number of carbonyl (C=O) groups excluding carboxylic acids is 1. The highest BCUT2D eigenvalue weighted by atomic mass is 19.1. The number of nitrogens with zero attached hydrogens (tertiary/aromatic N) is 3. The summed E-state index contributed by atoms with van der Waals surface area (Å²) >= 11 is 0. The second-order valence-electron chi connectivity index (χ2n) is 6.26. The smallest absolute Gasteiger partial charge is 0.329 e. The van der Waals surface area contributed by atoms with Gasteiger partial charge >= 0.3 is 6.03 Å². The fourth-order valence-electron chi connectivity index (χ4n) is 3.18. The predicted molar refractivity (Wildman–Crippen MR) is 100 cm³/mol. The molecule has 0 N–H and O–H groups in total. The minimum absolute atomic E-state index is 0.169. The van der Waals surface area contributed by atoms with E-state index in [1.807, 2.05) is 54.6 Å². The number of rotatable bonds is 4. The molecule has 1 aliphatic rings. The Morgan fingerprint density at radius 3 is 2.48 bits per heavy atom. The molecule has 0 bridgehead atoms. The Bertz CT molecular complexity index is 961. The van der Waals surface area contributed by atoms with Crippen molar-refractivity contribution < 1.29 is 13.9 Å². The van der Waals surface area contributed by atoms with E-state index in [1.165, 1.54) is 6.07 Å². The molecule has 0 aliphatic carbocycles. The highest BCUT2D eigenvalue weighted by Crippen LogP contribution is 2.34. The average Bonchev–Trinajstić information content (AvgIpc) is 2.70. The Labute approximate surface area is 156 Å². The van der Waals surface area contributed by atoms with Gasteiger partial charge in [-0.25, -0.2) is 9.78 Å². The zero-order valence-electron chi connectivity index (χ0n) is 14.8.